The Kier molecular flexibility index (Phi) is 2.54. The zero-order valence-electron chi connectivity index (χ0n) is 9.84. The largest absolute Gasteiger partial charge is 0.350 e. The van der Waals surface area contributed by atoms with E-state index >= 15 is 0 Å². The molecule has 2 N–H and O–H groups in total. The van der Waals surface area contributed by atoms with Gasteiger partial charge in [-0.2, -0.15) is 5.10 Å². The van der Waals surface area contributed by atoms with Crippen molar-refractivity contribution in [2.75, 3.05) is 0 Å². The molecule has 3 rings (SSSR count). The second-order valence-electron chi connectivity index (χ2n) is 4.82. The van der Waals surface area contributed by atoms with Gasteiger partial charge in [-0.05, 0) is 36.5 Å². The molecule has 94 valence electrons. The predicted molar refractivity (Wildman–Crippen MR) is 65.3 cm³/mol. The van der Waals surface area contributed by atoms with E-state index in [4.69, 9.17) is 5.73 Å². The number of primary amides is 1. The van der Waals surface area contributed by atoms with E-state index in [-0.39, 0.29) is 11.9 Å². The molecular weight excluding hydrogens is 233 g/mol. The Labute approximate surface area is 104 Å². The highest BCUT2D eigenvalue weighted by Crippen LogP contribution is 2.40. The average Bonchev–Trinajstić information content (AvgIpc) is 3.09. The third-order valence-corrected chi connectivity index (χ3v) is 3.46. The quantitative estimate of drug-likeness (QED) is 0.857. The van der Waals surface area contributed by atoms with Gasteiger partial charge < -0.3 is 5.73 Å². The van der Waals surface area contributed by atoms with Crippen LogP contribution >= 0.6 is 0 Å². The van der Waals surface area contributed by atoms with Crippen molar-refractivity contribution in [1.29, 1.82) is 0 Å². The molecule has 0 bridgehead atoms. The van der Waals surface area contributed by atoms with Crippen molar-refractivity contribution in [3.05, 3.63) is 35.6 Å². The topological polar surface area (TPSA) is 58.7 Å². The van der Waals surface area contributed by atoms with E-state index in [9.17, 15) is 9.18 Å². The number of amides is 2. The molecule has 1 heterocycles. The molecule has 1 aromatic carbocycles. The van der Waals surface area contributed by atoms with Gasteiger partial charge in [0, 0.05) is 12.1 Å². The van der Waals surface area contributed by atoms with Crippen LogP contribution in [0.15, 0.2) is 29.4 Å². The third-order valence-electron chi connectivity index (χ3n) is 3.46. The number of rotatable bonds is 2. The predicted octanol–water partition coefficient (Wildman–Crippen LogP) is 2.42. The molecule has 0 spiro atoms. The minimum atomic E-state index is -0.556. The van der Waals surface area contributed by atoms with Gasteiger partial charge in [-0.1, -0.05) is 12.1 Å². The fourth-order valence-corrected chi connectivity index (χ4v) is 2.35. The number of nitrogens with two attached hydrogens (primary N) is 1. The van der Waals surface area contributed by atoms with Crippen LogP contribution in [-0.2, 0) is 0 Å². The van der Waals surface area contributed by atoms with E-state index in [0.29, 0.717) is 12.3 Å². The van der Waals surface area contributed by atoms with Crippen molar-refractivity contribution in [3.63, 3.8) is 0 Å². The lowest BCUT2D eigenvalue weighted by Crippen LogP contribution is -2.31. The summed E-state index contributed by atoms with van der Waals surface area (Å²) in [6.45, 7) is 0. The van der Waals surface area contributed by atoms with Crippen LogP contribution in [0.25, 0.3) is 0 Å². The van der Waals surface area contributed by atoms with Gasteiger partial charge in [0.05, 0.1) is 6.04 Å². The van der Waals surface area contributed by atoms with Gasteiger partial charge in [-0.3, -0.25) is 0 Å². The summed E-state index contributed by atoms with van der Waals surface area (Å²) in [7, 11) is 0. The molecule has 18 heavy (non-hydrogen) atoms. The molecule has 1 unspecified atom stereocenters. The van der Waals surface area contributed by atoms with Crippen LogP contribution in [0.1, 0.15) is 30.9 Å². The maximum Gasteiger partial charge on any atom is 0.335 e. The number of hydrogen-bond acceptors (Lipinski definition) is 2. The van der Waals surface area contributed by atoms with E-state index in [2.05, 4.69) is 5.10 Å². The van der Waals surface area contributed by atoms with Crippen molar-refractivity contribution in [2.24, 2.45) is 16.8 Å². The number of hydrogen-bond donors (Lipinski definition) is 1. The van der Waals surface area contributed by atoms with Crippen molar-refractivity contribution in [3.8, 4) is 0 Å². The minimum Gasteiger partial charge on any atom is -0.350 e. The van der Waals surface area contributed by atoms with Gasteiger partial charge in [-0.25, -0.2) is 14.2 Å². The molecular formula is C13H14FN3O. The summed E-state index contributed by atoms with van der Waals surface area (Å²) in [6.07, 6.45) is 2.99. The van der Waals surface area contributed by atoms with Gasteiger partial charge in [0.2, 0.25) is 0 Å². The second kappa shape index (κ2) is 4.08. The molecule has 1 aromatic rings. The lowest BCUT2D eigenvalue weighted by Gasteiger charge is -2.19. The van der Waals surface area contributed by atoms with E-state index in [1.54, 1.807) is 12.1 Å². The molecule has 2 amide bonds. The highest BCUT2D eigenvalue weighted by Gasteiger charge is 2.38. The van der Waals surface area contributed by atoms with Gasteiger partial charge in [0.1, 0.15) is 5.82 Å². The highest BCUT2D eigenvalue weighted by molar-refractivity contribution is 5.92. The first-order chi connectivity index (χ1) is 8.65. The first kappa shape index (κ1) is 11.2. The standard InChI is InChI=1S/C13H14FN3O/c14-10-5-3-9(4-6-10)12-7-11(8-1-2-8)16-17(12)13(15)18/h3-6,8,12H,1-2,7H2,(H2,15,18). The molecule has 1 saturated carbocycles. The van der Waals surface area contributed by atoms with E-state index < -0.39 is 6.03 Å². The van der Waals surface area contributed by atoms with E-state index in [1.165, 1.54) is 17.1 Å². The summed E-state index contributed by atoms with van der Waals surface area (Å²) in [4.78, 5) is 11.4. The second-order valence-corrected chi connectivity index (χ2v) is 4.82. The lowest BCUT2D eigenvalue weighted by molar-refractivity contribution is 0.196. The Morgan fingerprint density at radius 3 is 2.56 bits per heavy atom. The summed E-state index contributed by atoms with van der Waals surface area (Å²) in [6, 6.07) is 5.41. The zero-order chi connectivity index (χ0) is 12.7. The van der Waals surface area contributed by atoms with Crippen LogP contribution in [-0.4, -0.2) is 16.8 Å². The number of urea groups is 1. The van der Waals surface area contributed by atoms with E-state index in [0.717, 1.165) is 24.1 Å². The fraction of sp³-hybridized carbons (Fsp3) is 0.385. The van der Waals surface area contributed by atoms with Crippen LogP contribution in [0.3, 0.4) is 0 Å². The van der Waals surface area contributed by atoms with Gasteiger partial charge in [0.15, 0.2) is 0 Å². The first-order valence-electron chi connectivity index (χ1n) is 6.06. The molecule has 1 atom stereocenters. The number of halogens is 1. The fourth-order valence-electron chi connectivity index (χ4n) is 2.35. The number of hydrazone groups is 1. The van der Waals surface area contributed by atoms with Gasteiger partial charge in [-0.15, -0.1) is 0 Å². The van der Waals surface area contributed by atoms with Crippen molar-refractivity contribution in [2.45, 2.75) is 25.3 Å². The summed E-state index contributed by atoms with van der Waals surface area (Å²) in [5.74, 6) is 0.225. The number of carbonyl (C=O) groups excluding carboxylic acids is 1. The average molecular weight is 247 g/mol. The number of carbonyl (C=O) groups is 1. The van der Waals surface area contributed by atoms with Crippen LogP contribution < -0.4 is 5.73 Å². The molecule has 1 aliphatic carbocycles. The maximum absolute atomic E-state index is 12.9. The minimum absolute atomic E-state index is 0.182. The molecule has 0 saturated heterocycles. The molecule has 1 fully saturated rings. The highest BCUT2D eigenvalue weighted by atomic mass is 19.1. The first-order valence-corrected chi connectivity index (χ1v) is 6.06. The van der Waals surface area contributed by atoms with Gasteiger partial charge >= 0.3 is 6.03 Å². The Morgan fingerprint density at radius 2 is 2.00 bits per heavy atom. The summed E-state index contributed by atoms with van der Waals surface area (Å²) >= 11 is 0. The summed E-state index contributed by atoms with van der Waals surface area (Å²) < 4.78 is 12.9. The summed E-state index contributed by atoms with van der Waals surface area (Å²) in [5.41, 5.74) is 7.26. The monoisotopic (exact) mass is 247 g/mol. The molecule has 0 radical (unpaired) electrons. The zero-order valence-corrected chi connectivity index (χ0v) is 9.84. The van der Waals surface area contributed by atoms with Crippen molar-refractivity contribution < 1.29 is 9.18 Å². The van der Waals surface area contributed by atoms with Crippen LogP contribution in [0, 0.1) is 11.7 Å². The van der Waals surface area contributed by atoms with Crippen LogP contribution in [0.4, 0.5) is 9.18 Å². The number of nitrogens with zero attached hydrogens (tertiary/aromatic N) is 2. The van der Waals surface area contributed by atoms with Crippen molar-refractivity contribution in [1.82, 2.24) is 5.01 Å². The summed E-state index contributed by atoms with van der Waals surface area (Å²) in [5, 5.41) is 5.63. The van der Waals surface area contributed by atoms with E-state index in [1.807, 2.05) is 0 Å². The SMILES string of the molecule is NC(=O)N1N=C(C2CC2)CC1c1ccc(F)cc1. The lowest BCUT2D eigenvalue weighted by atomic mass is 10.0. The number of benzene rings is 1. The van der Waals surface area contributed by atoms with Crippen LogP contribution in [0.5, 0.6) is 0 Å². The Hall–Kier alpha value is -1.91. The van der Waals surface area contributed by atoms with Crippen LogP contribution in [0.2, 0.25) is 0 Å². The smallest absolute Gasteiger partial charge is 0.335 e. The molecule has 2 aliphatic rings. The maximum atomic E-state index is 12.9. The normalized spacial score (nSPS) is 23.1. The Morgan fingerprint density at radius 1 is 1.33 bits per heavy atom. The van der Waals surface area contributed by atoms with Crippen molar-refractivity contribution >= 4 is 11.7 Å². The third kappa shape index (κ3) is 1.96. The van der Waals surface area contributed by atoms with Gasteiger partial charge in [0.25, 0.3) is 0 Å². The molecule has 0 aromatic heterocycles. The molecule has 5 heteroatoms. The Bertz CT molecular complexity index is 507. The Balaban J connectivity index is 1.87. The molecule has 4 nitrogen and oxygen atoms in total. The molecule has 1 aliphatic heterocycles.